The van der Waals surface area contributed by atoms with Crippen molar-refractivity contribution in [1.82, 2.24) is 10.2 Å². The van der Waals surface area contributed by atoms with E-state index in [1.54, 1.807) is 56.5 Å². The largest absolute Gasteiger partial charge is 0.497 e. The second-order valence-corrected chi connectivity index (χ2v) is 12.7. The van der Waals surface area contributed by atoms with Crippen LogP contribution in [-0.2, 0) is 26.2 Å². The maximum absolute atomic E-state index is 14.0. The monoisotopic (exact) mass is 617 g/mol. The number of amides is 2. The van der Waals surface area contributed by atoms with Crippen LogP contribution in [0.25, 0.3) is 0 Å². The van der Waals surface area contributed by atoms with Crippen LogP contribution in [0.3, 0.4) is 0 Å². The Morgan fingerprint density at radius 2 is 1.59 bits per heavy atom. The summed E-state index contributed by atoms with van der Waals surface area (Å²) in [6.45, 7) is 1.15. The molecule has 0 aromatic heterocycles. The number of nitrogens with one attached hydrogen (secondary N) is 1. The Balaban J connectivity index is 1.69. The molecule has 41 heavy (non-hydrogen) atoms. The van der Waals surface area contributed by atoms with Crippen LogP contribution in [-0.4, -0.2) is 50.9 Å². The first-order valence-electron chi connectivity index (χ1n) is 13.3. The van der Waals surface area contributed by atoms with Crippen LogP contribution in [0.15, 0.2) is 77.7 Å². The highest BCUT2D eigenvalue weighted by atomic mass is 35.5. The molecular formula is C30H33Cl2N3O5S. The molecule has 0 heterocycles. The van der Waals surface area contributed by atoms with E-state index >= 15 is 0 Å². The van der Waals surface area contributed by atoms with Crippen molar-refractivity contribution in [1.29, 1.82) is 0 Å². The van der Waals surface area contributed by atoms with Gasteiger partial charge in [-0.1, -0.05) is 66.4 Å². The highest BCUT2D eigenvalue weighted by Gasteiger charge is 2.33. The van der Waals surface area contributed by atoms with Crippen LogP contribution in [0.1, 0.15) is 38.2 Å². The summed E-state index contributed by atoms with van der Waals surface area (Å²) >= 11 is 12.5. The SMILES string of the molecule is COc1ccc(CN(C(=O)CN(c2cc(Cl)cc(Cl)c2)S(=O)(=O)c2ccccc2)C(C)C(=O)NC2CCCC2)cc1. The minimum Gasteiger partial charge on any atom is -0.497 e. The lowest BCUT2D eigenvalue weighted by molar-refractivity contribution is -0.139. The average Bonchev–Trinajstić information content (AvgIpc) is 3.47. The van der Waals surface area contributed by atoms with Gasteiger partial charge in [0.15, 0.2) is 0 Å². The van der Waals surface area contributed by atoms with Crippen molar-refractivity contribution in [2.75, 3.05) is 18.0 Å². The van der Waals surface area contributed by atoms with Crippen LogP contribution in [0.4, 0.5) is 5.69 Å². The Morgan fingerprint density at radius 3 is 2.17 bits per heavy atom. The quantitative estimate of drug-likeness (QED) is 0.299. The third-order valence-electron chi connectivity index (χ3n) is 7.13. The molecule has 0 saturated heterocycles. The van der Waals surface area contributed by atoms with E-state index in [0.29, 0.717) is 5.75 Å². The van der Waals surface area contributed by atoms with Gasteiger partial charge in [-0.05, 0) is 67.8 Å². The van der Waals surface area contributed by atoms with E-state index in [9.17, 15) is 18.0 Å². The smallest absolute Gasteiger partial charge is 0.264 e. The lowest BCUT2D eigenvalue weighted by Gasteiger charge is -2.32. The van der Waals surface area contributed by atoms with E-state index < -0.39 is 28.5 Å². The Kier molecular flexibility index (Phi) is 10.2. The van der Waals surface area contributed by atoms with Crippen molar-refractivity contribution in [2.45, 2.75) is 56.1 Å². The number of benzene rings is 3. The van der Waals surface area contributed by atoms with Crippen molar-refractivity contribution in [3.8, 4) is 5.75 Å². The fraction of sp³-hybridized carbons (Fsp3) is 0.333. The highest BCUT2D eigenvalue weighted by Crippen LogP contribution is 2.30. The molecule has 1 atom stereocenters. The number of nitrogens with zero attached hydrogens (tertiary/aromatic N) is 2. The summed E-state index contributed by atoms with van der Waals surface area (Å²) in [5, 5.41) is 3.49. The summed E-state index contributed by atoms with van der Waals surface area (Å²) in [6.07, 6.45) is 3.87. The third kappa shape index (κ3) is 7.72. The number of hydrogen-bond acceptors (Lipinski definition) is 5. The number of sulfonamides is 1. The predicted octanol–water partition coefficient (Wildman–Crippen LogP) is 5.67. The molecule has 0 bridgehead atoms. The van der Waals surface area contributed by atoms with E-state index in [0.717, 1.165) is 35.6 Å². The zero-order valence-electron chi connectivity index (χ0n) is 22.9. The number of rotatable bonds is 11. The average molecular weight is 619 g/mol. The number of methoxy groups -OCH3 is 1. The highest BCUT2D eigenvalue weighted by molar-refractivity contribution is 7.92. The molecule has 0 spiro atoms. The molecule has 1 unspecified atom stereocenters. The first kappa shape index (κ1) is 30.7. The molecule has 3 aromatic rings. The first-order chi connectivity index (χ1) is 19.6. The predicted molar refractivity (Wildman–Crippen MR) is 161 cm³/mol. The van der Waals surface area contributed by atoms with E-state index in [4.69, 9.17) is 27.9 Å². The van der Waals surface area contributed by atoms with Gasteiger partial charge in [0, 0.05) is 22.6 Å². The maximum atomic E-state index is 14.0. The molecule has 218 valence electrons. The molecule has 1 fully saturated rings. The Labute approximate surface area is 251 Å². The zero-order chi connectivity index (χ0) is 29.6. The summed E-state index contributed by atoms with van der Waals surface area (Å²) in [5.41, 5.74) is 0.884. The van der Waals surface area contributed by atoms with E-state index in [2.05, 4.69) is 5.32 Å². The van der Waals surface area contributed by atoms with Gasteiger partial charge in [-0.25, -0.2) is 8.42 Å². The molecule has 8 nitrogen and oxygen atoms in total. The summed E-state index contributed by atoms with van der Waals surface area (Å²) < 4.78 is 33.9. The van der Waals surface area contributed by atoms with Gasteiger partial charge in [-0.15, -0.1) is 0 Å². The summed E-state index contributed by atoms with van der Waals surface area (Å²) in [5.74, 6) is -0.205. The normalized spacial score (nSPS) is 14.3. The van der Waals surface area contributed by atoms with E-state index in [-0.39, 0.29) is 39.1 Å². The molecule has 1 aliphatic carbocycles. The fourth-order valence-corrected chi connectivity index (χ4v) is 6.77. The molecule has 1 aliphatic rings. The van der Waals surface area contributed by atoms with Gasteiger partial charge >= 0.3 is 0 Å². The second-order valence-electron chi connectivity index (χ2n) is 9.99. The van der Waals surface area contributed by atoms with Crippen LogP contribution < -0.4 is 14.4 Å². The minimum atomic E-state index is -4.21. The molecule has 3 aromatic carbocycles. The molecule has 1 saturated carbocycles. The Hall–Kier alpha value is -3.27. The van der Waals surface area contributed by atoms with Gasteiger partial charge in [0.25, 0.3) is 10.0 Å². The maximum Gasteiger partial charge on any atom is 0.264 e. The number of hydrogen-bond donors (Lipinski definition) is 1. The lowest BCUT2D eigenvalue weighted by Crippen LogP contribution is -2.52. The van der Waals surface area contributed by atoms with Gasteiger partial charge in [-0.2, -0.15) is 0 Å². The van der Waals surface area contributed by atoms with Crippen molar-refractivity contribution >= 4 is 50.7 Å². The van der Waals surface area contributed by atoms with Crippen molar-refractivity contribution in [2.24, 2.45) is 0 Å². The molecule has 4 rings (SSSR count). The van der Waals surface area contributed by atoms with E-state index in [1.807, 2.05) is 0 Å². The number of anilines is 1. The van der Waals surface area contributed by atoms with Gasteiger partial charge in [-0.3, -0.25) is 13.9 Å². The second kappa shape index (κ2) is 13.6. The molecular weight excluding hydrogens is 585 g/mol. The topological polar surface area (TPSA) is 96.0 Å². The number of halogens is 2. The standard InChI is InChI=1S/C30H33Cl2N3O5S/c1-21(30(37)33-25-8-6-7-9-25)34(19-22-12-14-27(40-2)15-13-22)29(36)20-35(26-17-23(31)16-24(32)18-26)41(38,39)28-10-4-3-5-11-28/h3-5,10-18,21,25H,6-9,19-20H2,1-2H3,(H,33,37). The Morgan fingerprint density at radius 1 is 0.976 bits per heavy atom. The molecule has 1 N–H and O–H groups in total. The first-order valence-corrected chi connectivity index (χ1v) is 15.5. The summed E-state index contributed by atoms with van der Waals surface area (Å²) in [6, 6.07) is 18.5. The van der Waals surface area contributed by atoms with Crippen LogP contribution in [0.5, 0.6) is 5.75 Å². The van der Waals surface area contributed by atoms with Crippen LogP contribution in [0.2, 0.25) is 10.0 Å². The minimum absolute atomic E-state index is 0.00220. The number of ether oxygens (including phenoxy) is 1. The molecule has 0 radical (unpaired) electrons. The van der Waals surface area contributed by atoms with Crippen molar-refractivity contribution < 1.29 is 22.7 Å². The van der Waals surface area contributed by atoms with Crippen molar-refractivity contribution in [3.63, 3.8) is 0 Å². The molecule has 11 heteroatoms. The van der Waals surface area contributed by atoms with Gasteiger partial charge in [0.05, 0.1) is 17.7 Å². The summed E-state index contributed by atoms with van der Waals surface area (Å²) in [7, 11) is -2.65. The van der Waals surface area contributed by atoms with Crippen LogP contribution >= 0.6 is 23.2 Å². The number of carbonyl (C=O) groups excluding carboxylic acids is 2. The van der Waals surface area contributed by atoms with Crippen molar-refractivity contribution in [3.05, 3.63) is 88.4 Å². The number of carbonyl (C=O) groups is 2. The van der Waals surface area contributed by atoms with Crippen LogP contribution in [0, 0.1) is 0 Å². The van der Waals surface area contributed by atoms with Gasteiger partial charge in [0.1, 0.15) is 18.3 Å². The zero-order valence-corrected chi connectivity index (χ0v) is 25.3. The third-order valence-corrected chi connectivity index (χ3v) is 9.35. The van der Waals surface area contributed by atoms with Gasteiger partial charge < -0.3 is 15.0 Å². The Bertz CT molecular complexity index is 1440. The van der Waals surface area contributed by atoms with E-state index in [1.165, 1.54) is 35.2 Å². The molecule has 2 amide bonds. The van der Waals surface area contributed by atoms with Gasteiger partial charge in [0.2, 0.25) is 11.8 Å². The molecule has 0 aliphatic heterocycles. The fourth-order valence-electron chi connectivity index (χ4n) is 4.83. The lowest BCUT2D eigenvalue weighted by atomic mass is 10.1. The summed E-state index contributed by atoms with van der Waals surface area (Å²) in [4.78, 5) is 28.7.